The maximum atomic E-state index is 12.5. The summed E-state index contributed by atoms with van der Waals surface area (Å²) in [5.41, 5.74) is -2.21. The number of aromatic nitrogens is 1. The summed E-state index contributed by atoms with van der Waals surface area (Å²) in [5, 5.41) is 10.6. The number of nitrogens with zero attached hydrogens (tertiary/aromatic N) is 2. The van der Waals surface area contributed by atoms with Crippen LogP contribution in [0.15, 0.2) is 10.5 Å². The van der Waals surface area contributed by atoms with Crippen molar-refractivity contribution in [1.82, 2.24) is 4.98 Å². The van der Waals surface area contributed by atoms with E-state index in [1.54, 1.807) is 0 Å². The van der Waals surface area contributed by atoms with Gasteiger partial charge in [0.2, 0.25) is 5.69 Å². The van der Waals surface area contributed by atoms with E-state index in [1.807, 2.05) is 0 Å². The number of carbonyl (C=O) groups excluding carboxylic acids is 1. The second-order valence-corrected chi connectivity index (χ2v) is 3.63. The van der Waals surface area contributed by atoms with Gasteiger partial charge < -0.3 is 4.74 Å². The van der Waals surface area contributed by atoms with Crippen molar-refractivity contribution < 1.29 is 23.2 Å². The van der Waals surface area contributed by atoms with Crippen molar-refractivity contribution in [3.8, 4) is 0 Å². The van der Waals surface area contributed by atoms with Crippen molar-refractivity contribution in [3.05, 3.63) is 32.0 Å². The Labute approximate surface area is 102 Å². The minimum absolute atomic E-state index is 0.244. The van der Waals surface area contributed by atoms with Gasteiger partial charge in [0.05, 0.1) is 16.5 Å². The van der Waals surface area contributed by atoms with Crippen LogP contribution in [0, 0.1) is 10.1 Å². The predicted molar refractivity (Wildman–Crippen MR) is 54.9 cm³/mol. The zero-order valence-corrected chi connectivity index (χ0v) is 9.90. The number of ether oxygens (including phenoxy) is 1. The van der Waals surface area contributed by atoms with Gasteiger partial charge in [-0.2, -0.15) is 0 Å². The number of halogens is 3. The van der Waals surface area contributed by atoms with Crippen LogP contribution in [-0.2, 0) is 4.74 Å². The summed E-state index contributed by atoms with van der Waals surface area (Å²) in [5.74, 6) is -1.15. The van der Waals surface area contributed by atoms with E-state index in [2.05, 4.69) is 25.7 Å². The van der Waals surface area contributed by atoms with Gasteiger partial charge in [0, 0.05) is 6.07 Å². The highest BCUT2D eigenvalue weighted by Gasteiger charge is 2.27. The number of carbonyl (C=O) groups is 1. The summed E-state index contributed by atoms with van der Waals surface area (Å²) in [6, 6.07) is 0.792. The van der Waals surface area contributed by atoms with Crippen LogP contribution in [0.2, 0.25) is 0 Å². The number of pyridine rings is 1. The Kier molecular flexibility index (Phi) is 4.05. The number of methoxy groups -OCH3 is 1. The zero-order valence-electron chi connectivity index (χ0n) is 8.32. The minimum atomic E-state index is -2.96. The maximum Gasteiger partial charge on any atom is 0.363 e. The van der Waals surface area contributed by atoms with E-state index in [0.29, 0.717) is 0 Å². The van der Waals surface area contributed by atoms with Crippen LogP contribution in [0.25, 0.3) is 0 Å². The zero-order chi connectivity index (χ0) is 13.2. The Bertz CT molecular complexity index is 481. The van der Waals surface area contributed by atoms with E-state index in [0.717, 1.165) is 13.2 Å². The Hall–Kier alpha value is -1.64. The molecule has 0 saturated heterocycles. The molecule has 0 saturated carbocycles. The molecule has 0 atom stereocenters. The molecule has 0 radical (unpaired) electrons. The molecule has 1 aromatic rings. The van der Waals surface area contributed by atoms with Gasteiger partial charge >= 0.3 is 11.7 Å². The number of esters is 1. The number of hydrogen-bond donors (Lipinski definition) is 0. The van der Waals surface area contributed by atoms with Gasteiger partial charge in [0.25, 0.3) is 6.43 Å². The second-order valence-electron chi connectivity index (χ2n) is 2.77. The van der Waals surface area contributed by atoms with Crippen molar-refractivity contribution >= 4 is 27.6 Å². The summed E-state index contributed by atoms with van der Waals surface area (Å²) in [6.45, 7) is 0. The van der Waals surface area contributed by atoms with Crippen LogP contribution in [-0.4, -0.2) is 23.0 Å². The van der Waals surface area contributed by atoms with Gasteiger partial charge in [-0.15, -0.1) is 0 Å². The van der Waals surface area contributed by atoms with Crippen molar-refractivity contribution in [3.63, 3.8) is 0 Å². The Morgan fingerprint density at radius 3 is 2.65 bits per heavy atom. The lowest BCUT2D eigenvalue weighted by Crippen LogP contribution is -2.10. The third-order valence-electron chi connectivity index (χ3n) is 1.77. The van der Waals surface area contributed by atoms with Gasteiger partial charge in [0.15, 0.2) is 0 Å². The summed E-state index contributed by atoms with van der Waals surface area (Å²) < 4.78 is 29.0. The number of rotatable bonds is 3. The molecule has 0 aromatic carbocycles. The molecule has 0 spiro atoms. The molecular weight excluding hydrogens is 306 g/mol. The summed E-state index contributed by atoms with van der Waals surface area (Å²) in [4.78, 5) is 24.1. The van der Waals surface area contributed by atoms with E-state index in [-0.39, 0.29) is 4.47 Å². The molecule has 0 aliphatic heterocycles. The third kappa shape index (κ3) is 2.73. The second kappa shape index (κ2) is 5.13. The van der Waals surface area contributed by atoms with E-state index >= 15 is 0 Å². The summed E-state index contributed by atoms with van der Waals surface area (Å²) in [6.07, 6.45) is -2.96. The Morgan fingerprint density at radius 2 is 2.24 bits per heavy atom. The molecule has 9 heteroatoms. The quantitative estimate of drug-likeness (QED) is 0.486. The molecule has 1 heterocycles. The molecule has 92 valence electrons. The molecule has 0 fully saturated rings. The fourth-order valence-electron chi connectivity index (χ4n) is 1.03. The first-order chi connectivity index (χ1) is 7.88. The molecule has 0 aliphatic rings. The van der Waals surface area contributed by atoms with E-state index in [1.165, 1.54) is 0 Å². The fourth-order valence-corrected chi connectivity index (χ4v) is 1.51. The highest BCUT2D eigenvalue weighted by Crippen LogP contribution is 2.30. The first-order valence-electron chi connectivity index (χ1n) is 4.09. The molecule has 0 bridgehead atoms. The van der Waals surface area contributed by atoms with Crippen LogP contribution in [0.4, 0.5) is 14.5 Å². The highest BCUT2D eigenvalue weighted by atomic mass is 79.9. The lowest BCUT2D eigenvalue weighted by atomic mass is 10.2. The van der Waals surface area contributed by atoms with E-state index in [9.17, 15) is 23.7 Å². The van der Waals surface area contributed by atoms with Crippen LogP contribution in [0.5, 0.6) is 0 Å². The summed E-state index contributed by atoms with van der Waals surface area (Å²) in [7, 11) is 0.970. The SMILES string of the molecule is COC(=O)c1nc(C(F)F)c(Br)cc1[N+](=O)[O-]. The van der Waals surface area contributed by atoms with Gasteiger partial charge in [-0.25, -0.2) is 18.6 Å². The first kappa shape index (κ1) is 13.4. The van der Waals surface area contributed by atoms with Gasteiger partial charge in [-0.3, -0.25) is 10.1 Å². The van der Waals surface area contributed by atoms with Crippen molar-refractivity contribution in [2.24, 2.45) is 0 Å². The molecular formula is C8H5BrF2N2O4. The Morgan fingerprint density at radius 1 is 1.65 bits per heavy atom. The monoisotopic (exact) mass is 310 g/mol. The summed E-state index contributed by atoms with van der Waals surface area (Å²) >= 11 is 2.72. The number of nitro groups is 1. The van der Waals surface area contributed by atoms with Crippen molar-refractivity contribution in [2.75, 3.05) is 7.11 Å². The molecule has 17 heavy (non-hydrogen) atoms. The molecule has 1 rings (SSSR count). The molecule has 0 N–H and O–H groups in total. The fraction of sp³-hybridized carbons (Fsp3) is 0.250. The van der Waals surface area contributed by atoms with Crippen LogP contribution in [0.1, 0.15) is 22.6 Å². The largest absolute Gasteiger partial charge is 0.464 e. The van der Waals surface area contributed by atoms with Crippen molar-refractivity contribution in [2.45, 2.75) is 6.43 Å². The maximum absolute atomic E-state index is 12.5. The lowest BCUT2D eigenvalue weighted by molar-refractivity contribution is -0.385. The average molecular weight is 311 g/mol. The molecule has 6 nitrogen and oxygen atoms in total. The normalized spacial score (nSPS) is 10.4. The van der Waals surface area contributed by atoms with E-state index < -0.39 is 34.4 Å². The highest BCUT2D eigenvalue weighted by molar-refractivity contribution is 9.10. The molecule has 0 amide bonds. The molecule has 0 aliphatic carbocycles. The topological polar surface area (TPSA) is 82.3 Å². The standard InChI is InChI=1S/C8H5BrF2N2O4/c1-17-8(14)6-4(13(15)16)2-3(9)5(12-6)7(10)11/h2,7H,1H3. The molecule has 0 unspecified atom stereocenters. The third-order valence-corrected chi connectivity index (χ3v) is 2.40. The first-order valence-corrected chi connectivity index (χ1v) is 4.89. The van der Waals surface area contributed by atoms with Crippen LogP contribution < -0.4 is 0 Å². The number of alkyl halides is 2. The lowest BCUT2D eigenvalue weighted by Gasteiger charge is -2.05. The van der Waals surface area contributed by atoms with Gasteiger partial charge in [-0.05, 0) is 15.9 Å². The van der Waals surface area contributed by atoms with Crippen LogP contribution in [0.3, 0.4) is 0 Å². The molecule has 1 aromatic heterocycles. The minimum Gasteiger partial charge on any atom is -0.464 e. The van der Waals surface area contributed by atoms with Gasteiger partial charge in [-0.1, -0.05) is 0 Å². The predicted octanol–water partition coefficient (Wildman–Crippen LogP) is 2.48. The number of hydrogen-bond acceptors (Lipinski definition) is 5. The van der Waals surface area contributed by atoms with Crippen molar-refractivity contribution in [1.29, 1.82) is 0 Å². The smallest absolute Gasteiger partial charge is 0.363 e. The Balaban J connectivity index is 3.47. The average Bonchev–Trinajstić information content (AvgIpc) is 2.26. The van der Waals surface area contributed by atoms with E-state index in [4.69, 9.17) is 0 Å². The van der Waals surface area contributed by atoms with Gasteiger partial charge in [0.1, 0.15) is 5.69 Å². The van der Waals surface area contributed by atoms with Crippen LogP contribution >= 0.6 is 15.9 Å².